The number of fused-ring (bicyclic) bond motifs is 1. The number of benzene rings is 1. The molecule has 1 heterocycles. The highest BCUT2D eigenvalue weighted by Gasteiger charge is 2.17. The molecule has 0 bridgehead atoms. The van der Waals surface area contributed by atoms with E-state index in [1.807, 2.05) is 31.2 Å². The lowest BCUT2D eigenvalue weighted by molar-refractivity contribution is 0.156. The Bertz CT molecular complexity index is 652. The van der Waals surface area contributed by atoms with E-state index in [1.165, 1.54) is 0 Å². The molecule has 0 radical (unpaired) electrons. The Labute approximate surface area is 123 Å². The summed E-state index contributed by atoms with van der Waals surface area (Å²) in [4.78, 5) is 17.4. The minimum absolute atomic E-state index is 0.00306. The Balaban J connectivity index is 2.66. The van der Waals surface area contributed by atoms with Crippen molar-refractivity contribution in [3.63, 3.8) is 0 Å². The van der Waals surface area contributed by atoms with Crippen molar-refractivity contribution < 1.29 is 4.74 Å². The zero-order chi connectivity index (χ0) is 14.7. The molecule has 0 saturated heterocycles. The van der Waals surface area contributed by atoms with Gasteiger partial charge in [0.2, 0.25) is 0 Å². The van der Waals surface area contributed by atoms with Crippen molar-refractivity contribution >= 4 is 22.7 Å². The lowest BCUT2D eigenvalue weighted by Crippen LogP contribution is -2.28. The second-order valence-corrected chi connectivity index (χ2v) is 6.60. The van der Waals surface area contributed by atoms with Gasteiger partial charge in [0, 0.05) is 12.4 Å². The highest BCUT2D eigenvalue weighted by Crippen LogP contribution is 2.24. The van der Waals surface area contributed by atoms with Crippen LogP contribution in [0.2, 0.25) is 0 Å². The minimum atomic E-state index is -0.0362. The van der Waals surface area contributed by atoms with E-state index >= 15 is 0 Å². The van der Waals surface area contributed by atoms with Gasteiger partial charge >= 0.3 is 0 Å². The molecule has 20 heavy (non-hydrogen) atoms. The summed E-state index contributed by atoms with van der Waals surface area (Å²) >= 11 is 1.60. The third kappa shape index (κ3) is 3.04. The molecular weight excluding hydrogens is 272 g/mol. The predicted molar refractivity (Wildman–Crippen MR) is 83.6 cm³/mol. The molecule has 108 valence electrons. The van der Waals surface area contributed by atoms with Gasteiger partial charge in [0.25, 0.3) is 5.56 Å². The quantitative estimate of drug-likeness (QED) is 0.627. The van der Waals surface area contributed by atoms with Crippen molar-refractivity contribution in [3.05, 3.63) is 34.6 Å². The third-order valence-corrected chi connectivity index (χ3v) is 3.94. The molecule has 5 heteroatoms. The molecule has 0 saturated carbocycles. The third-order valence-electron chi connectivity index (χ3n) is 2.97. The van der Waals surface area contributed by atoms with Crippen molar-refractivity contribution in [3.8, 4) is 0 Å². The van der Waals surface area contributed by atoms with Crippen LogP contribution in [0.25, 0.3) is 10.9 Å². The van der Waals surface area contributed by atoms with Crippen molar-refractivity contribution in [1.82, 2.24) is 9.55 Å². The molecule has 2 aromatic rings. The number of aromatic nitrogens is 2. The molecule has 0 unspecified atom stereocenters. The zero-order valence-electron chi connectivity index (χ0n) is 12.3. The molecule has 0 aliphatic rings. The van der Waals surface area contributed by atoms with Crippen LogP contribution in [0.1, 0.15) is 26.8 Å². The molecule has 2 rings (SSSR count). The Hall–Kier alpha value is -1.33. The van der Waals surface area contributed by atoms with Crippen molar-refractivity contribution in [2.45, 2.75) is 37.2 Å². The standard InChI is InChI=1S/C15H20N2O2S/c1-10(2)20-15-16-13-8-6-5-7-12(13)14(18)17(15)11(3)9-19-4/h5-8,10-11H,9H2,1-4H3/t11-/m1/s1. The summed E-state index contributed by atoms with van der Waals surface area (Å²) in [5.74, 6) is 0. The van der Waals surface area contributed by atoms with Crippen molar-refractivity contribution in [2.75, 3.05) is 13.7 Å². The van der Waals surface area contributed by atoms with Crippen LogP contribution in [0.3, 0.4) is 0 Å². The maximum Gasteiger partial charge on any atom is 0.262 e. The summed E-state index contributed by atoms with van der Waals surface area (Å²) in [6, 6.07) is 7.44. The molecule has 0 aliphatic heterocycles. The first-order chi connectivity index (χ1) is 9.54. The monoisotopic (exact) mass is 292 g/mol. The molecule has 1 atom stereocenters. The SMILES string of the molecule is COC[C@@H](C)n1c(SC(C)C)nc2ccccc2c1=O. The molecular formula is C15H20N2O2S. The van der Waals surface area contributed by atoms with E-state index in [2.05, 4.69) is 18.8 Å². The Kier molecular flexibility index (Phi) is 4.83. The van der Waals surface area contributed by atoms with Crippen LogP contribution in [-0.2, 0) is 4.74 Å². The van der Waals surface area contributed by atoms with Gasteiger partial charge in [-0.2, -0.15) is 0 Å². The van der Waals surface area contributed by atoms with Gasteiger partial charge in [-0.05, 0) is 19.1 Å². The summed E-state index contributed by atoms with van der Waals surface area (Å²) in [5, 5.41) is 1.78. The van der Waals surface area contributed by atoms with Crippen LogP contribution >= 0.6 is 11.8 Å². The first kappa shape index (κ1) is 15.1. The topological polar surface area (TPSA) is 44.1 Å². The number of para-hydroxylation sites is 1. The average molecular weight is 292 g/mol. The van der Waals surface area contributed by atoms with Crippen molar-refractivity contribution in [2.24, 2.45) is 0 Å². The number of nitrogens with zero attached hydrogens (tertiary/aromatic N) is 2. The predicted octanol–water partition coefficient (Wildman–Crippen LogP) is 3.10. The smallest absolute Gasteiger partial charge is 0.262 e. The van der Waals surface area contributed by atoms with Gasteiger partial charge < -0.3 is 4.74 Å². The molecule has 0 N–H and O–H groups in total. The largest absolute Gasteiger partial charge is 0.383 e. The number of rotatable bonds is 5. The number of methoxy groups -OCH3 is 1. The summed E-state index contributed by atoms with van der Waals surface area (Å²) < 4.78 is 6.93. The fraction of sp³-hybridized carbons (Fsp3) is 0.467. The van der Waals surface area contributed by atoms with E-state index < -0.39 is 0 Å². The van der Waals surface area contributed by atoms with E-state index in [-0.39, 0.29) is 11.6 Å². The minimum Gasteiger partial charge on any atom is -0.383 e. The van der Waals surface area contributed by atoms with Gasteiger partial charge in [-0.3, -0.25) is 9.36 Å². The Morgan fingerprint density at radius 3 is 2.65 bits per heavy atom. The number of hydrogen-bond acceptors (Lipinski definition) is 4. The van der Waals surface area contributed by atoms with Crippen LogP contribution in [-0.4, -0.2) is 28.5 Å². The van der Waals surface area contributed by atoms with Crippen LogP contribution < -0.4 is 5.56 Å². The van der Waals surface area contributed by atoms with Crippen LogP contribution in [0, 0.1) is 0 Å². The molecule has 0 aliphatic carbocycles. The summed E-state index contributed by atoms with van der Waals surface area (Å²) in [6.45, 7) is 6.66. The Morgan fingerprint density at radius 1 is 1.30 bits per heavy atom. The van der Waals surface area contributed by atoms with Gasteiger partial charge in [0.15, 0.2) is 5.16 Å². The molecule has 0 amide bonds. The second-order valence-electron chi connectivity index (χ2n) is 5.06. The molecule has 1 aromatic heterocycles. The lowest BCUT2D eigenvalue weighted by Gasteiger charge is -2.19. The van der Waals surface area contributed by atoms with Gasteiger partial charge in [-0.25, -0.2) is 4.98 Å². The maximum atomic E-state index is 12.7. The zero-order valence-corrected chi connectivity index (χ0v) is 13.1. The molecule has 0 spiro atoms. The van der Waals surface area contributed by atoms with Crippen LogP contribution in [0.15, 0.2) is 34.2 Å². The highest BCUT2D eigenvalue weighted by atomic mass is 32.2. The fourth-order valence-electron chi connectivity index (χ4n) is 2.12. The summed E-state index contributed by atoms with van der Waals surface area (Å²) in [6.07, 6.45) is 0. The van der Waals surface area contributed by atoms with Gasteiger partial charge in [-0.1, -0.05) is 37.7 Å². The average Bonchev–Trinajstić information content (AvgIpc) is 2.38. The Morgan fingerprint density at radius 2 is 2.00 bits per heavy atom. The maximum absolute atomic E-state index is 12.7. The summed E-state index contributed by atoms with van der Waals surface area (Å²) in [5.41, 5.74) is 0.754. The number of ether oxygens (including phenoxy) is 1. The molecule has 0 fully saturated rings. The first-order valence-corrected chi connectivity index (χ1v) is 7.59. The van der Waals surface area contributed by atoms with E-state index in [9.17, 15) is 4.79 Å². The van der Waals surface area contributed by atoms with E-state index in [0.717, 1.165) is 10.7 Å². The second kappa shape index (κ2) is 6.41. The van der Waals surface area contributed by atoms with Gasteiger partial charge in [0.05, 0.1) is 23.6 Å². The number of hydrogen-bond donors (Lipinski definition) is 0. The van der Waals surface area contributed by atoms with Gasteiger partial charge in [-0.15, -0.1) is 0 Å². The van der Waals surface area contributed by atoms with Crippen LogP contribution in [0.4, 0.5) is 0 Å². The van der Waals surface area contributed by atoms with E-state index in [0.29, 0.717) is 17.2 Å². The fourth-order valence-corrected chi connectivity index (χ4v) is 3.07. The summed E-state index contributed by atoms with van der Waals surface area (Å²) in [7, 11) is 1.64. The van der Waals surface area contributed by atoms with E-state index in [4.69, 9.17) is 4.74 Å². The molecule has 1 aromatic carbocycles. The lowest BCUT2D eigenvalue weighted by atomic mass is 10.2. The first-order valence-electron chi connectivity index (χ1n) is 6.71. The normalized spacial score (nSPS) is 13.1. The van der Waals surface area contributed by atoms with Crippen LogP contribution in [0.5, 0.6) is 0 Å². The molecule has 4 nitrogen and oxygen atoms in total. The highest BCUT2D eigenvalue weighted by molar-refractivity contribution is 7.99. The van der Waals surface area contributed by atoms with E-state index in [1.54, 1.807) is 23.4 Å². The van der Waals surface area contributed by atoms with Crippen molar-refractivity contribution in [1.29, 1.82) is 0 Å². The number of thioether (sulfide) groups is 1. The van der Waals surface area contributed by atoms with Gasteiger partial charge in [0.1, 0.15) is 0 Å².